The van der Waals surface area contributed by atoms with Gasteiger partial charge in [0.25, 0.3) is 5.56 Å². The Labute approximate surface area is 145 Å². The third kappa shape index (κ3) is 3.58. The van der Waals surface area contributed by atoms with Crippen molar-refractivity contribution in [1.82, 2.24) is 18.9 Å². The molecule has 3 rings (SSSR count). The van der Waals surface area contributed by atoms with Gasteiger partial charge in [0, 0.05) is 55.5 Å². The zero-order valence-electron chi connectivity index (χ0n) is 14.6. The molecule has 1 aliphatic heterocycles. The van der Waals surface area contributed by atoms with Gasteiger partial charge in [-0.1, -0.05) is 20.8 Å². The molecule has 0 saturated carbocycles. The molecule has 0 radical (unpaired) electrons. The number of hydrogen-bond acceptors (Lipinski definition) is 7. The van der Waals surface area contributed by atoms with Gasteiger partial charge in [0.2, 0.25) is 5.13 Å². The molecule has 1 N–H and O–H groups in total. The van der Waals surface area contributed by atoms with E-state index in [1.807, 2.05) is 0 Å². The molecule has 130 valence electrons. The highest BCUT2D eigenvalue weighted by atomic mass is 32.1. The predicted octanol–water partition coefficient (Wildman–Crippen LogP) is 2.01. The summed E-state index contributed by atoms with van der Waals surface area (Å²) in [5.41, 5.74) is -0.0982. The molecule has 2 aromatic rings. The summed E-state index contributed by atoms with van der Waals surface area (Å²) < 4.78 is 6.01. The Kier molecular flexibility index (Phi) is 4.58. The molecule has 1 fully saturated rings. The number of aromatic nitrogens is 4. The predicted molar refractivity (Wildman–Crippen MR) is 96.9 cm³/mol. The van der Waals surface area contributed by atoms with Crippen molar-refractivity contribution in [2.45, 2.75) is 45.1 Å². The zero-order chi connectivity index (χ0) is 17.3. The molecule has 24 heavy (non-hydrogen) atoms. The Hall–Kier alpha value is -1.96. The Bertz CT molecular complexity index is 762. The minimum atomic E-state index is -0.0518. The molecule has 2 aromatic heterocycles. The van der Waals surface area contributed by atoms with E-state index in [2.05, 4.69) is 45.3 Å². The molecule has 0 unspecified atom stereocenters. The standard InChI is InChI=1S/C16H24N6OS/c1-16(2,3)14-19-15(24-20-14)18-11-6-5-8-22(10-11)12-13(23)21(4)9-7-17-12/h7,9,11H,5-6,8,10H2,1-4H3,(H,18,19,20)/t11-/m0/s1. The monoisotopic (exact) mass is 348 g/mol. The van der Waals surface area contributed by atoms with Gasteiger partial charge in [-0.15, -0.1) is 0 Å². The average Bonchev–Trinajstić information content (AvgIpc) is 2.99. The Balaban J connectivity index is 1.71. The van der Waals surface area contributed by atoms with Crippen molar-refractivity contribution in [3.63, 3.8) is 0 Å². The molecule has 0 aromatic carbocycles. The van der Waals surface area contributed by atoms with Crippen LogP contribution in [0.15, 0.2) is 17.2 Å². The molecule has 3 heterocycles. The van der Waals surface area contributed by atoms with Crippen molar-refractivity contribution >= 4 is 22.5 Å². The summed E-state index contributed by atoms with van der Waals surface area (Å²) in [7, 11) is 1.75. The van der Waals surface area contributed by atoms with Crippen LogP contribution in [0.5, 0.6) is 0 Å². The Morgan fingerprint density at radius 1 is 1.38 bits per heavy atom. The summed E-state index contributed by atoms with van der Waals surface area (Å²) in [5.74, 6) is 1.39. The zero-order valence-corrected chi connectivity index (χ0v) is 15.4. The van der Waals surface area contributed by atoms with Crippen LogP contribution >= 0.6 is 11.5 Å². The lowest BCUT2D eigenvalue weighted by Gasteiger charge is -2.33. The smallest absolute Gasteiger partial charge is 0.293 e. The lowest BCUT2D eigenvalue weighted by molar-refractivity contribution is 0.522. The fourth-order valence-corrected chi connectivity index (χ4v) is 3.58. The van der Waals surface area contributed by atoms with Gasteiger partial charge >= 0.3 is 0 Å². The minimum absolute atomic E-state index is 0.0464. The van der Waals surface area contributed by atoms with Crippen LogP contribution in [-0.2, 0) is 12.5 Å². The van der Waals surface area contributed by atoms with Crippen LogP contribution in [0.1, 0.15) is 39.4 Å². The maximum absolute atomic E-state index is 12.3. The van der Waals surface area contributed by atoms with E-state index < -0.39 is 0 Å². The topological polar surface area (TPSA) is 75.9 Å². The van der Waals surface area contributed by atoms with E-state index in [1.54, 1.807) is 24.0 Å². The number of piperidine rings is 1. The number of nitrogens with one attached hydrogen (secondary N) is 1. The van der Waals surface area contributed by atoms with Crippen LogP contribution in [0, 0.1) is 0 Å². The van der Waals surface area contributed by atoms with Gasteiger partial charge in [0.1, 0.15) is 5.82 Å². The first-order chi connectivity index (χ1) is 11.3. The number of hydrogen-bond donors (Lipinski definition) is 1. The maximum Gasteiger partial charge on any atom is 0.293 e. The van der Waals surface area contributed by atoms with Crippen molar-refractivity contribution < 1.29 is 0 Å². The Morgan fingerprint density at radius 2 is 2.17 bits per heavy atom. The minimum Gasteiger partial charge on any atom is -0.356 e. The van der Waals surface area contributed by atoms with E-state index in [9.17, 15) is 4.79 Å². The summed E-state index contributed by atoms with van der Waals surface area (Å²) in [4.78, 5) is 23.2. The highest BCUT2D eigenvalue weighted by Crippen LogP contribution is 2.25. The van der Waals surface area contributed by atoms with Crippen LogP contribution in [0.3, 0.4) is 0 Å². The normalized spacial score (nSPS) is 18.7. The number of nitrogens with zero attached hydrogens (tertiary/aromatic N) is 5. The van der Waals surface area contributed by atoms with Crippen LogP contribution in [0.4, 0.5) is 10.9 Å². The maximum atomic E-state index is 12.3. The van der Waals surface area contributed by atoms with Gasteiger partial charge in [-0.25, -0.2) is 9.97 Å². The molecule has 1 saturated heterocycles. The van der Waals surface area contributed by atoms with Crippen LogP contribution in [-0.4, -0.2) is 38.0 Å². The second kappa shape index (κ2) is 6.51. The third-order valence-electron chi connectivity index (χ3n) is 4.14. The fraction of sp³-hybridized carbons (Fsp3) is 0.625. The number of rotatable bonds is 3. The molecular formula is C16H24N6OS. The van der Waals surface area contributed by atoms with E-state index >= 15 is 0 Å². The molecular weight excluding hydrogens is 324 g/mol. The third-order valence-corrected chi connectivity index (χ3v) is 4.79. The molecule has 0 bridgehead atoms. The van der Waals surface area contributed by atoms with Crippen molar-refractivity contribution in [1.29, 1.82) is 0 Å². The summed E-state index contributed by atoms with van der Waals surface area (Å²) in [5, 5.41) is 4.32. The Morgan fingerprint density at radius 3 is 2.88 bits per heavy atom. The van der Waals surface area contributed by atoms with Crippen LogP contribution in [0.25, 0.3) is 0 Å². The van der Waals surface area contributed by atoms with Gasteiger partial charge < -0.3 is 14.8 Å². The van der Waals surface area contributed by atoms with Gasteiger partial charge in [-0.2, -0.15) is 4.37 Å². The van der Waals surface area contributed by atoms with E-state index in [-0.39, 0.29) is 17.0 Å². The number of anilines is 2. The second-order valence-corrected chi connectivity index (χ2v) is 8.02. The van der Waals surface area contributed by atoms with Crippen molar-refractivity contribution in [2.75, 3.05) is 23.3 Å². The highest BCUT2D eigenvalue weighted by Gasteiger charge is 2.25. The molecule has 0 spiro atoms. The van der Waals surface area contributed by atoms with Gasteiger partial charge in [-0.3, -0.25) is 4.79 Å². The van der Waals surface area contributed by atoms with E-state index in [0.29, 0.717) is 5.82 Å². The molecule has 0 aliphatic carbocycles. The van der Waals surface area contributed by atoms with Crippen molar-refractivity contribution in [2.24, 2.45) is 7.05 Å². The first-order valence-corrected chi connectivity index (χ1v) is 8.99. The van der Waals surface area contributed by atoms with Gasteiger partial charge in [0.05, 0.1) is 0 Å². The molecule has 8 heteroatoms. The molecule has 0 amide bonds. The summed E-state index contributed by atoms with van der Waals surface area (Å²) in [6.45, 7) is 7.93. The molecule has 1 atom stereocenters. The van der Waals surface area contributed by atoms with E-state index in [0.717, 1.165) is 36.9 Å². The van der Waals surface area contributed by atoms with Gasteiger partial charge in [-0.05, 0) is 12.8 Å². The van der Waals surface area contributed by atoms with Crippen molar-refractivity contribution in [3.05, 3.63) is 28.6 Å². The lowest BCUT2D eigenvalue weighted by Crippen LogP contribution is -2.45. The summed E-state index contributed by atoms with van der Waals surface area (Å²) in [6, 6.07) is 0.242. The van der Waals surface area contributed by atoms with Crippen LogP contribution in [0.2, 0.25) is 0 Å². The second-order valence-electron chi connectivity index (χ2n) is 7.27. The molecule has 7 nitrogen and oxygen atoms in total. The average molecular weight is 348 g/mol. The van der Waals surface area contributed by atoms with E-state index in [1.165, 1.54) is 11.5 Å². The highest BCUT2D eigenvalue weighted by molar-refractivity contribution is 7.09. The quantitative estimate of drug-likeness (QED) is 0.914. The van der Waals surface area contributed by atoms with Crippen LogP contribution < -0.4 is 15.8 Å². The molecule has 1 aliphatic rings. The number of aryl methyl sites for hydroxylation is 1. The van der Waals surface area contributed by atoms with Crippen molar-refractivity contribution in [3.8, 4) is 0 Å². The first-order valence-electron chi connectivity index (χ1n) is 8.22. The van der Waals surface area contributed by atoms with E-state index in [4.69, 9.17) is 0 Å². The summed E-state index contributed by atoms with van der Waals surface area (Å²) in [6.07, 6.45) is 5.42. The first kappa shape index (κ1) is 16.9. The largest absolute Gasteiger partial charge is 0.356 e. The SMILES string of the molecule is Cn1ccnc(N2CCC[C@H](Nc3nc(C(C)(C)C)ns3)C2)c1=O. The van der Waals surface area contributed by atoms with Gasteiger partial charge in [0.15, 0.2) is 5.82 Å². The fourth-order valence-electron chi connectivity index (χ4n) is 2.75. The summed E-state index contributed by atoms with van der Waals surface area (Å²) >= 11 is 1.40. The lowest BCUT2D eigenvalue weighted by atomic mass is 9.96.